The van der Waals surface area contributed by atoms with Crippen molar-refractivity contribution in [1.29, 1.82) is 0 Å². The van der Waals surface area contributed by atoms with Crippen molar-refractivity contribution in [3.63, 3.8) is 0 Å². The number of fused-ring (bicyclic) bond motifs is 2. The lowest BCUT2D eigenvalue weighted by molar-refractivity contribution is 0.475. The summed E-state index contributed by atoms with van der Waals surface area (Å²) < 4.78 is 0.118. The van der Waals surface area contributed by atoms with Crippen LogP contribution in [0.1, 0.15) is 11.3 Å². The molecule has 2 heterocycles. The quantitative estimate of drug-likeness (QED) is 0.515. The molecule has 9 heteroatoms. The van der Waals surface area contributed by atoms with E-state index in [2.05, 4.69) is 15.3 Å². The zero-order chi connectivity index (χ0) is 18.3. The van der Waals surface area contributed by atoms with Crippen LogP contribution in [0.2, 0.25) is 0 Å². The number of rotatable bonds is 2. The molecule has 2 N–H and O–H groups in total. The number of benzene rings is 2. The van der Waals surface area contributed by atoms with Crippen molar-refractivity contribution in [2.75, 3.05) is 0 Å². The van der Waals surface area contributed by atoms with Gasteiger partial charge in [0.15, 0.2) is 5.69 Å². The van der Waals surface area contributed by atoms with Crippen molar-refractivity contribution in [2.45, 2.75) is 0 Å². The first-order chi connectivity index (χ1) is 12.5. The highest BCUT2D eigenvalue weighted by Crippen LogP contribution is 2.28. The minimum absolute atomic E-state index is 0.00948. The number of phenolic OH excluding ortho intramolecular Hbond substituents is 1. The van der Waals surface area contributed by atoms with E-state index in [0.717, 1.165) is 15.3 Å². The minimum Gasteiger partial charge on any atom is -0.507 e. The first-order valence-corrected chi connectivity index (χ1v) is 8.28. The second-order valence-corrected chi connectivity index (χ2v) is 6.33. The minimum atomic E-state index is -0.903. The lowest BCUT2D eigenvalue weighted by Crippen LogP contribution is -2.32. The van der Waals surface area contributed by atoms with Gasteiger partial charge in [-0.1, -0.05) is 30.3 Å². The fourth-order valence-electron chi connectivity index (χ4n) is 2.55. The maximum absolute atomic E-state index is 12.4. The molecule has 0 spiro atoms. The number of nitrogens with one attached hydrogen (secondary N) is 1. The Morgan fingerprint density at radius 3 is 2.69 bits per heavy atom. The van der Waals surface area contributed by atoms with Gasteiger partial charge < -0.3 is 5.11 Å². The second kappa shape index (κ2) is 6.05. The average Bonchev–Trinajstić information content (AvgIpc) is 2.64. The van der Waals surface area contributed by atoms with E-state index in [-0.39, 0.29) is 16.4 Å². The van der Waals surface area contributed by atoms with Crippen molar-refractivity contribution in [2.24, 2.45) is 0 Å². The van der Waals surface area contributed by atoms with Gasteiger partial charge in [-0.15, -0.1) is 10.2 Å². The molecule has 0 bridgehead atoms. The molecule has 4 rings (SSSR count). The zero-order valence-corrected chi connectivity index (χ0v) is 13.9. The van der Waals surface area contributed by atoms with E-state index in [1.807, 2.05) is 24.3 Å². The highest BCUT2D eigenvalue weighted by atomic mass is 32.1. The van der Waals surface area contributed by atoms with Gasteiger partial charge in [-0.3, -0.25) is 19.5 Å². The van der Waals surface area contributed by atoms with Gasteiger partial charge in [-0.2, -0.15) is 4.52 Å². The lowest BCUT2D eigenvalue weighted by atomic mass is 10.0. The van der Waals surface area contributed by atoms with Crippen molar-refractivity contribution >= 4 is 39.2 Å². The molecule has 0 radical (unpaired) electrons. The molecule has 0 aliphatic carbocycles. The molecule has 0 fully saturated rings. The number of phenols is 1. The van der Waals surface area contributed by atoms with Crippen molar-refractivity contribution in [3.8, 4) is 5.75 Å². The fraction of sp³-hybridized carbons (Fsp3) is 0. The number of aromatic amines is 1. The van der Waals surface area contributed by atoms with E-state index in [1.54, 1.807) is 18.2 Å². The third-order valence-corrected chi connectivity index (χ3v) is 4.61. The van der Waals surface area contributed by atoms with Crippen LogP contribution in [0.5, 0.6) is 5.75 Å². The fourth-order valence-corrected chi connectivity index (χ4v) is 3.16. The third kappa shape index (κ3) is 2.60. The van der Waals surface area contributed by atoms with Crippen LogP contribution in [0.25, 0.3) is 27.9 Å². The van der Waals surface area contributed by atoms with E-state index in [0.29, 0.717) is 16.9 Å². The monoisotopic (exact) mass is 366 g/mol. The van der Waals surface area contributed by atoms with Crippen LogP contribution < -0.4 is 15.9 Å². The highest BCUT2D eigenvalue weighted by Gasteiger charge is 2.09. The number of hydrogen-bond acceptors (Lipinski definition) is 7. The van der Waals surface area contributed by atoms with Crippen LogP contribution in [-0.4, -0.2) is 24.9 Å². The van der Waals surface area contributed by atoms with Gasteiger partial charge in [0.1, 0.15) is 5.75 Å². The Kier molecular flexibility index (Phi) is 3.70. The van der Waals surface area contributed by atoms with Crippen LogP contribution in [0, 0.1) is 0 Å². The Balaban J connectivity index is 1.88. The van der Waals surface area contributed by atoms with Crippen molar-refractivity contribution in [1.82, 2.24) is 19.8 Å². The van der Waals surface area contributed by atoms with Gasteiger partial charge in [0, 0.05) is 5.56 Å². The Morgan fingerprint density at radius 2 is 1.85 bits per heavy atom. The lowest BCUT2D eigenvalue weighted by Gasteiger charge is -2.05. The predicted molar refractivity (Wildman–Crippen MR) is 98.6 cm³/mol. The molecular formula is C17H10N4O4S. The van der Waals surface area contributed by atoms with E-state index in [4.69, 9.17) is 0 Å². The maximum atomic E-state index is 12.4. The van der Waals surface area contributed by atoms with Crippen LogP contribution in [0.15, 0.2) is 50.8 Å². The molecule has 2 aromatic carbocycles. The van der Waals surface area contributed by atoms with E-state index in [9.17, 15) is 19.5 Å². The predicted octanol–water partition coefficient (Wildman–Crippen LogP) is 1.23. The summed E-state index contributed by atoms with van der Waals surface area (Å²) in [6, 6.07) is 10.8. The number of H-pyrrole nitrogens is 1. The third-order valence-electron chi connectivity index (χ3n) is 3.80. The first-order valence-electron chi connectivity index (χ1n) is 7.46. The van der Waals surface area contributed by atoms with Crippen LogP contribution in [-0.2, 0) is 0 Å². The second-order valence-electron chi connectivity index (χ2n) is 5.39. The molecule has 0 aliphatic heterocycles. The smallest absolute Gasteiger partial charge is 0.321 e. The molecule has 0 unspecified atom stereocenters. The molecule has 0 amide bonds. The van der Waals surface area contributed by atoms with Gasteiger partial charge >= 0.3 is 10.3 Å². The molecule has 0 saturated heterocycles. The van der Waals surface area contributed by atoms with Gasteiger partial charge in [0.2, 0.25) is 4.96 Å². The standard InChI is InChI=1S/C17H10N4O4S/c22-13-8-5-9-3-1-2-4-10(9)11(13)6-7-12-15(24)21-17(19-18-12)26-16(25)14(23)20-21/h1-8,22H,(H,20,23)/b7-6+. The van der Waals surface area contributed by atoms with Crippen LogP contribution in [0.3, 0.4) is 0 Å². The number of hydrogen-bond donors (Lipinski definition) is 2. The van der Waals surface area contributed by atoms with E-state index < -0.39 is 15.9 Å². The molecule has 2 aromatic heterocycles. The van der Waals surface area contributed by atoms with Crippen LogP contribution in [0.4, 0.5) is 0 Å². The molecule has 8 nitrogen and oxygen atoms in total. The average molecular weight is 366 g/mol. The normalized spacial score (nSPS) is 11.5. The van der Waals surface area contributed by atoms with Gasteiger partial charge in [-0.25, -0.2) is 0 Å². The summed E-state index contributed by atoms with van der Waals surface area (Å²) in [6.07, 6.45) is 2.95. The summed E-state index contributed by atoms with van der Waals surface area (Å²) in [7, 11) is 0. The summed E-state index contributed by atoms with van der Waals surface area (Å²) in [5.74, 6) is 0.0560. The Labute approximate surface area is 148 Å². The number of nitrogens with zero attached hydrogens (tertiary/aromatic N) is 3. The van der Waals surface area contributed by atoms with Gasteiger partial charge in [0.25, 0.3) is 5.56 Å². The summed E-state index contributed by atoms with van der Waals surface area (Å²) in [5.41, 5.74) is -1.05. The van der Waals surface area contributed by atoms with E-state index >= 15 is 0 Å². The highest BCUT2D eigenvalue weighted by molar-refractivity contribution is 7.14. The largest absolute Gasteiger partial charge is 0.507 e. The number of aromatic hydroxyl groups is 1. The Hall–Kier alpha value is -3.59. The zero-order valence-electron chi connectivity index (χ0n) is 13.0. The Morgan fingerprint density at radius 1 is 1.04 bits per heavy atom. The molecule has 0 aliphatic rings. The summed E-state index contributed by atoms with van der Waals surface area (Å²) in [5, 5.41) is 21.6. The number of aromatic nitrogens is 4. The molecular weight excluding hydrogens is 356 g/mol. The molecule has 4 aromatic rings. The summed E-state index contributed by atoms with van der Waals surface area (Å²) in [6.45, 7) is 0. The molecule has 0 atom stereocenters. The molecule has 128 valence electrons. The summed E-state index contributed by atoms with van der Waals surface area (Å²) >= 11 is 0.536. The van der Waals surface area contributed by atoms with E-state index in [1.165, 1.54) is 6.08 Å². The van der Waals surface area contributed by atoms with Crippen LogP contribution >= 0.6 is 11.3 Å². The molecule has 0 saturated carbocycles. The first kappa shape index (κ1) is 15.9. The Bertz CT molecular complexity index is 1370. The van der Waals surface area contributed by atoms with Crippen molar-refractivity contribution < 1.29 is 5.11 Å². The molecule has 26 heavy (non-hydrogen) atoms. The van der Waals surface area contributed by atoms with Gasteiger partial charge in [0.05, 0.1) is 0 Å². The maximum Gasteiger partial charge on any atom is 0.321 e. The van der Waals surface area contributed by atoms with Crippen molar-refractivity contribution in [3.05, 3.63) is 77.9 Å². The summed E-state index contributed by atoms with van der Waals surface area (Å²) in [4.78, 5) is 35.2. The topological polar surface area (TPSA) is 117 Å². The van der Waals surface area contributed by atoms with Gasteiger partial charge in [-0.05, 0) is 40.3 Å². The SMILES string of the molecule is O=c1[nH]n2c(=O)c(/C=C/c3c(O)ccc4ccccc34)nnc2sc1=O.